The maximum atomic E-state index is 5.62. The molecule has 0 saturated heterocycles. The number of rotatable bonds is 5. The second-order valence-electron chi connectivity index (χ2n) is 5.80. The molecule has 20 heavy (non-hydrogen) atoms. The van der Waals surface area contributed by atoms with Gasteiger partial charge >= 0.3 is 0 Å². The van der Waals surface area contributed by atoms with Crippen molar-refractivity contribution in [1.82, 2.24) is 10.1 Å². The van der Waals surface area contributed by atoms with E-state index in [0.717, 1.165) is 37.4 Å². The van der Waals surface area contributed by atoms with Gasteiger partial charge in [0, 0.05) is 12.3 Å². The van der Waals surface area contributed by atoms with Crippen molar-refractivity contribution in [2.24, 2.45) is 11.7 Å². The van der Waals surface area contributed by atoms with Crippen LogP contribution in [0.3, 0.4) is 0 Å². The number of hydrogen-bond acceptors (Lipinski definition) is 4. The minimum Gasteiger partial charge on any atom is -0.339 e. The lowest BCUT2D eigenvalue weighted by molar-refractivity contribution is 0.359. The Kier molecular flexibility index (Phi) is 3.83. The zero-order valence-corrected chi connectivity index (χ0v) is 11.9. The minimum absolute atomic E-state index is 0.372. The van der Waals surface area contributed by atoms with Crippen LogP contribution in [0.4, 0.5) is 0 Å². The third-order valence-electron chi connectivity index (χ3n) is 4.15. The first-order valence-corrected chi connectivity index (χ1v) is 7.35. The van der Waals surface area contributed by atoms with Crippen molar-refractivity contribution >= 4 is 0 Å². The first kappa shape index (κ1) is 13.3. The number of aryl methyl sites for hydroxylation is 1. The van der Waals surface area contributed by atoms with Crippen molar-refractivity contribution in [1.29, 1.82) is 0 Å². The highest BCUT2D eigenvalue weighted by Crippen LogP contribution is 2.32. The molecule has 0 fully saturated rings. The van der Waals surface area contributed by atoms with Gasteiger partial charge in [-0.2, -0.15) is 4.98 Å². The van der Waals surface area contributed by atoms with Gasteiger partial charge in [0.05, 0.1) is 0 Å². The number of aromatic nitrogens is 2. The molecule has 2 N–H and O–H groups in total. The highest BCUT2D eigenvalue weighted by molar-refractivity contribution is 5.34. The lowest BCUT2D eigenvalue weighted by Crippen LogP contribution is -2.11. The molecule has 0 bridgehead atoms. The highest BCUT2D eigenvalue weighted by Gasteiger charge is 2.26. The van der Waals surface area contributed by atoms with Crippen molar-refractivity contribution in [2.75, 3.05) is 6.54 Å². The van der Waals surface area contributed by atoms with Gasteiger partial charge in [-0.05, 0) is 42.9 Å². The normalized spacial score (nSPS) is 16.3. The molecule has 1 aromatic carbocycles. The molecule has 4 nitrogen and oxygen atoms in total. The molecular formula is C16H21N3O. The SMILES string of the molecule is CC(CN)CCc1nc(C2Cc3ccccc3C2)no1. The van der Waals surface area contributed by atoms with Gasteiger partial charge in [-0.1, -0.05) is 36.3 Å². The molecular weight excluding hydrogens is 250 g/mol. The Labute approximate surface area is 119 Å². The van der Waals surface area contributed by atoms with E-state index in [4.69, 9.17) is 10.3 Å². The van der Waals surface area contributed by atoms with E-state index in [0.29, 0.717) is 18.4 Å². The van der Waals surface area contributed by atoms with E-state index in [1.807, 2.05) is 0 Å². The van der Waals surface area contributed by atoms with Crippen LogP contribution in [-0.4, -0.2) is 16.7 Å². The predicted octanol–water partition coefficient (Wildman–Crippen LogP) is 2.48. The van der Waals surface area contributed by atoms with Crippen molar-refractivity contribution in [2.45, 2.75) is 38.5 Å². The summed E-state index contributed by atoms with van der Waals surface area (Å²) in [6.45, 7) is 2.85. The summed E-state index contributed by atoms with van der Waals surface area (Å²) in [6, 6.07) is 8.58. The van der Waals surface area contributed by atoms with Gasteiger partial charge in [0.25, 0.3) is 0 Å². The summed E-state index contributed by atoms with van der Waals surface area (Å²) in [4.78, 5) is 4.56. The third kappa shape index (κ3) is 2.75. The summed E-state index contributed by atoms with van der Waals surface area (Å²) in [5.41, 5.74) is 8.46. The first-order valence-electron chi connectivity index (χ1n) is 7.35. The van der Waals surface area contributed by atoms with E-state index in [-0.39, 0.29) is 0 Å². The lowest BCUT2D eigenvalue weighted by Gasteiger charge is -2.04. The van der Waals surface area contributed by atoms with Crippen LogP contribution in [0.2, 0.25) is 0 Å². The average molecular weight is 271 g/mol. The fourth-order valence-electron chi connectivity index (χ4n) is 2.76. The zero-order chi connectivity index (χ0) is 13.9. The van der Waals surface area contributed by atoms with Crippen molar-refractivity contribution in [3.8, 4) is 0 Å². The monoisotopic (exact) mass is 271 g/mol. The molecule has 1 unspecified atom stereocenters. The van der Waals surface area contributed by atoms with Gasteiger partial charge < -0.3 is 10.3 Å². The lowest BCUT2D eigenvalue weighted by atomic mass is 10.1. The molecule has 0 saturated carbocycles. The molecule has 1 aromatic heterocycles. The third-order valence-corrected chi connectivity index (χ3v) is 4.15. The van der Waals surface area contributed by atoms with Gasteiger partial charge in [0.15, 0.2) is 5.82 Å². The van der Waals surface area contributed by atoms with Crippen LogP contribution in [0.15, 0.2) is 28.8 Å². The van der Waals surface area contributed by atoms with E-state index in [9.17, 15) is 0 Å². The Hall–Kier alpha value is -1.68. The van der Waals surface area contributed by atoms with Crippen LogP contribution in [-0.2, 0) is 19.3 Å². The molecule has 0 aliphatic heterocycles. The van der Waals surface area contributed by atoms with Crippen LogP contribution in [0.5, 0.6) is 0 Å². The maximum Gasteiger partial charge on any atom is 0.226 e. The van der Waals surface area contributed by atoms with Gasteiger partial charge in [0.2, 0.25) is 5.89 Å². The summed E-state index contributed by atoms with van der Waals surface area (Å²) >= 11 is 0. The summed E-state index contributed by atoms with van der Waals surface area (Å²) in [5, 5.41) is 4.17. The van der Waals surface area contributed by atoms with E-state index in [1.165, 1.54) is 11.1 Å². The Balaban J connectivity index is 1.64. The van der Waals surface area contributed by atoms with Crippen molar-refractivity contribution in [3.63, 3.8) is 0 Å². The van der Waals surface area contributed by atoms with Crippen LogP contribution in [0.1, 0.15) is 42.1 Å². The smallest absolute Gasteiger partial charge is 0.226 e. The quantitative estimate of drug-likeness (QED) is 0.907. The Morgan fingerprint density at radius 2 is 2.00 bits per heavy atom. The van der Waals surface area contributed by atoms with Crippen molar-refractivity contribution < 1.29 is 4.52 Å². The van der Waals surface area contributed by atoms with Crippen LogP contribution >= 0.6 is 0 Å². The number of nitrogens with two attached hydrogens (primary N) is 1. The predicted molar refractivity (Wildman–Crippen MR) is 77.4 cm³/mol. The minimum atomic E-state index is 0.372. The molecule has 0 amide bonds. The van der Waals surface area contributed by atoms with Gasteiger partial charge in [-0.25, -0.2) is 0 Å². The Bertz CT molecular complexity index is 554. The topological polar surface area (TPSA) is 64.9 Å². The number of hydrogen-bond donors (Lipinski definition) is 1. The van der Waals surface area contributed by atoms with Crippen LogP contribution < -0.4 is 5.73 Å². The zero-order valence-electron chi connectivity index (χ0n) is 11.9. The van der Waals surface area contributed by atoms with E-state index in [1.54, 1.807) is 0 Å². The fourth-order valence-corrected chi connectivity index (χ4v) is 2.76. The molecule has 1 atom stereocenters. The Morgan fingerprint density at radius 3 is 2.65 bits per heavy atom. The highest BCUT2D eigenvalue weighted by atomic mass is 16.5. The van der Waals surface area contributed by atoms with E-state index in [2.05, 4.69) is 41.3 Å². The summed E-state index contributed by atoms with van der Waals surface area (Å²) < 4.78 is 5.37. The first-order chi connectivity index (χ1) is 9.76. The average Bonchev–Trinajstić information content (AvgIpc) is 3.10. The summed E-state index contributed by atoms with van der Waals surface area (Å²) in [5.74, 6) is 2.48. The van der Waals surface area contributed by atoms with E-state index < -0.39 is 0 Å². The molecule has 4 heteroatoms. The fraction of sp³-hybridized carbons (Fsp3) is 0.500. The molecule has 1 aliphatic rings. The van der Waals surface area contributed by atoms with Gasteiger partial charge in [0.1, 0.15) is 0 Å². The van der Waals surface area contributed by atoms with Gasteiger partial charge in [-0.3, -0.25) is 0 Å². The molecule has 3 rings (SSSR count). The maximum absolute atomic E-state index is 5.62. The number of benzene rings is 1. The van der Waals surface area contributed by atoms with Gasteiger partial charge in [-0.15, -0.1) is 0 Å². The largest absolute Gasteiger partial charge is 0.339 e. The molecule has 1 aliphatic carbocycles. The standard InChI is InChI=1S/C16H21N3O/c1-11(10-17)6-7-15-18-16(19-20-15)14-8-12-4-2-3-5-13(12)9-14/h2-5,11,14H,6-10,17H2,1H3. The second kappa shape index (κ2) is 5.75. The molecule has 2 aromatic rings. The summed E-state index contributed by atoms with van der Waals surface area (Å²) in [7, 11) is 0. The molecule has 1 heterocycles. The Morgan fingerprint density at radius 1 is 1.30 bits per heavy atom. The number of fused-ring (bicyclic) bond motifs is 1. The molecule has 0 radical (unpaired) electrons. The van der Waals surface area contributed by atoms with E-state index >= 15 is 0 Å². The van der Waals surface area contributed by atoms with Crippen molar-refractivity contribution in [3.05, 3.63) is 47.1 Å². The molecule has 0 spiro atoms. The second-order valence-corrected chi connectivity index (χ2v) is 5.80. The number of nitrogens with zero attached hydrogens (tertiary/aromatic N) is 2. The van der Waals surface area contributed by atoms with Crippen LogP contribution in [0, 0.1) is 5.92 Å². The van der Waals surface area contributed by atoms with Crippen LogP contribution in [0.25, 0.3) is 0 Å². The molecule has 106 valence electrons. The summed E-state index contributed by atoms with van der Waals surface area (Å²) in [6.07, 6.45) is 3.87.